The maximum atomic E-state index is 5.85. The number of aromatic nitrogens is 3. The van der Waals surface area contributed by atoms with Crippen LogP contribution in [0.4, 0.5) is 0 Å². The number of hydrogen-bond donors (Lipinski definition) is 2. The van der Waals surface area contributed by atoms with E-state index in [0.29, 0.717) is 13.2 Å². The van der Waals surface area contributed by atoms with Gasteiger partial charge in [0.25, 0.3) is 0 Å². The number of benzene rings is 1. The summed E-state index contributed by atoms with van der Waals surface area (Å²) in [6.07, 6.45) is 2.65. The Morgan fingerprint density at radius 3 is 2.48 bits per heavy atom. The molecular formula is C22H38IN7O. The second-order valence-electron chi connectivity index (χ2n) is 6.94. The number of guanidine groups is 1. The van der Waals surface area contributed by atoms with Gasteiger partial charge in [0.2, 0.25) is 0 Å². The normalized spacial score (nSPS) is 11.3. The average molecular weight is 543 g/mol. The number of hydrogen-bond acceptors (Lipinski definition) is 5. The fraction of sp³-hybridized carbons (Fsp3) is 0.591. The van der Waals surface area contributed by atoms with E-state index < -0.39 is 0 Å². The van der Waals surface area contributed by atoms with Crippen molar-refractivity contribution in [1.82, 2.24) is 30.3 Å². The molecule has 8 nitrogen and oxygen atoms in total. The Hall–Kier alpha value is -1.88. The lowest BCUT2D eigenvalue weighted by Crippen LogP contribution is -2.38. The molecular weight excluding hydrogens is 505 g/mol. The summed E-state index contributed by atoms with van der Waals surface area (Å²) in [5, 5.41) is 14.8. The number of halogens is 1. The first-order valence-electron chi connectivity index (χ1n) is 11.0. The van der Waals surface area contributed by atoms with Crippen molar-refractivity contribution in [1.29, 1.82) is 0 Å². The molecule has 0 unspecified atom stereocenters. The van der Waals surface area contributed by atoms with E-state index in [1.807, 2.05) is 12.1 Å². The molecule has 1 aromatic heterocycles. The van der Waals surface area contributed by atoms with Crippen LogP contribution in [0.5, 0.6) is 5.75 Å². The molecule has 0 amide bonds. The van der Waals surface area contributed by atoms with Crippen LogP contribution in [0, 0.1) is 0 Å². The number of likely N-dealkylation sites (N-methyl/N-ethyl adjacent to an activating group) is 1. The molecule has 0 saturated carbocycles. The van der Waals surface area contributed by atoms with Crippen LogP contribution in [-0.2, 0) is 19.5 Å². The Labute approximate surface area is 203 Å². The number of nitrogens with zero attached hydrogens (tertiary/aromatic N) is 5. The Morgan fingerprint density at radius 1 is 1.10 bits per heavy atom. The lowest BCUT2D eigenvalue weighted by Gasteiger charge is -2.18. The van der Waals surface area contributed by atoms with Gasteiger partial charge in [0.15, 0.2) is 5.96 Å². The van der Waals surface area contributed by atoms with Gasteiger partial charge in [-0.2, -0.15) is 0 Å². The predicted molar refractivity (Wildman–Crippen MR) is 137 cm³/mol. The summed E-state index contributed by atoms with van der Waals surface area (Å²) in [5.74, 6) is 2.71. The molecule has 0 bridgehead atoms. The lowest BCUT2D eigenvalue weighted by molar-refractivity contribution is 0.223. The third-order valence-electron chi connectivity index (χ3n) is 4.92. The molecule has 0 aliphatic rings. The van der Waals surface area contributed by atoms with E-state index in [-0.39, 0.29) is 24.0 Å². The fourth-order valence-corrected chi connectivity index (χ4v) is 3.07. The zero-order valence-electron chi connectivity index (χ0n) is 19.3. The first kappa shape index (κ1) is 27.2. The lowest BCUT2D eigenvalue weighted by atomic mass is 10.2. The highest BCUT2D eigenvalue weighted by molar-refractivity contribution is 14.0. The zero-order valence-corrected chi connectivity index (χ0v) is 21.6. The van der Waals surface area contributed by atoms with Gasteiger partial charge in [0.1, 0.15) is 24.5 Å². The van der Waals surface area contributed by atoms with Crippen LogP contribution in [0.1, 0.15) is 39.1 Å². The van der Waals surface area contributed by atoms with E-state index in [0.717, 1.165) is 68.8 Å². The number of ether oxygens (including phenoxy) is 1. The fourth-order valence-electron chi connectivity index (χ4n) is 3.07. The van der Waals surface area contributed by atoms with Gasteiger partial charge >= 0.3 is 0 Å². The minimum Gasteiger partial charge on any atom is -0.492 e. The summed E-state index contributed by atoms with van der Waals surface area (Å²) < 4.78 is 7.92. The van der Waals surface area contributed by atoms with Gasteiger partial charge in [-0.25, -0.2) is 4.99 Å². The average Bonchev–Trinajstić information content (AvgIpc) is 3.23. The summed E-state index contributed by atoms with van der Waals surface area (Å²) in [6, 6.07) is 8.19. The zero-order chi connectivity index (χ0) is 21.6. The molecule has 0 radical (unpaired) electrons. The molecule has 1 aromatic carbocycles. The largest absolute Gasteiger partial charge is 0.492 e. The third-order valence-corrected chi connectivity index (χ3v) is 4.92. The molecule has 174 valence electrons. The van der Waals surface area contributed by atoms with Crippen molar-refractivity contribution in [2.45, 2.75) is 47.2 Å². The number of rotatable bonds is 13. The predicted octanol–water partition coefficient (Wildman–Crippen LogP) is 2.93. The summed E-state index contributed by atoms with van der Waals surface area (Å²) in [4.78, 5) is 7.04. The maximum Gasteiger partial charge on any atom is 0.191 e. The second-order valence-corrected chi connectivity index (χ2v) is 6.94. The highest BCUT2D eigenvalue weighted by atomic mass is 127. The molecule has 0 saturated heterocycles. The topological polar surface area (TPSA) is 79.6 Å². The summed E-state index contributed by atoms with van der Waals surface area (Å²) in [6.45, 7) is 15.3. The molecule has 31 heavy (non-hydrogen) atoms. The van der Waals surface area contributed by atoms with E-state index in [9.17, 15) is 0 Å². The van der Waals surface area contributed by atoms with Crippen LogP contribution in [0.25, 0.3) is 0 Å². The molecule has 2 aromatic rings. The first-order valence-corrected chi connectivity index (χ1v) is 11.0. The molecule has 0 aliphatic heterocycles. The van der Waals surface area contributed by atoms with Crippen molar-refractivity contribution in [3.05, 3.63) is 42.0 Å². The Kier molecular flexibility index (Phi) is 13.9. The van der Waals surface area contributed by atoms with E-state index in [2.05, 4.69) is 75.1 Å². The van der Waals surface area contributed by atoms with Crippen LogP contribution in [0.2, 0.25) is 0 Å². The van der Waals surface area contributed by atoms with Gasteiger partial charge in [-0.05, 0) is 37.7 Å². The van der Waals surface area contributed by atoms with E-state index >= 15 is 0 Å². The number of aryl methyl sites for hydroxylation is 1. The number of aliphatic imine (C=N–C) groups is 1. The molecule has 0 atom stereocenters. The van der Waals surface area contributed by atoms with Gasteiger partial charge in [-0.3, -0.25) is 0 Å². The van der Waals surface area contributed by atoms with Crippen LogP contribution >= 0.6 is 24.0 Å². The van der Waals surface area contributed by atoms with Crippen molar-refractivity contribution in [2.75, 3.05) is 39.3 Å². The van der Waals surface area contributed by atoms with Gasteiger partial charge in [0.05, 0.1) is 6.54 Å². The number of nitrogens with one attached hydrogen (secondary N) is 2. The molecule has 0 fully saturated rings. The van der Waals surface area contributed by atoms with Gasteiger partial charge in [0, 0.05) is 32.6 Å². The third kappa shape index (κ3) is 9.86. The van der Waals surface area contributed by atoms with E-state index in [1.54, 1.807) is 6.33 Å². The van der Waals surface area contributed by atoms with Crippen LogP contribution in [-0.4, -0.2) is 65.0 Å². The van der Waals surface area contributed by atoms with Crippen molar-refractivity contribution in [3.8, 4) is 5.75 Å². The highest BCUT2D eigenvalue weighted by Gasteiger charge is 2.03. The Balaban J connectivity index is 0.00000480. The summed E-state index contributed by atoms with van der Waals surface area (Å²) in [7, 11) is 0. The monoisotopic (exact) mass is 543 g/mol. The maximum absolute atomic E-state index is 5.85. The molecule has 0 spiro atoms. The highest BCUT2D eigenvalue weighted by Crippen LogP contribution is 2.13. The smallest absolute Gasteiger partial charge is 0.191 e. The van der Waals surface area contributed by atoms with Crippen molar-refractivity contribution in [3.63, 3.8) is 0 Å². The SMILES string of the molecule is CCNC(=NCc1ccc(OCCN(CC)CC)cc1)NCCn1cnnc1CC.I. The van der Waals surface area contributed by atoms with Crippen molar-refractivity contribution < 1.29 is 4.74 Å². The standard InChI is InChI=1S/C22H37N7O.HI/c1-5-21-27-26-18-29(21)14-13-24-22(23-6-2)25-17-19-9-11-20(12-10-19)30-16-15-28(7-3)8-4;/h9-12,18H,5-8,13-17H2,1-4H3,(H2,23,24,25);1H. The van der Waals surface area contributed by atoms with Crippen molar-refractivity contribution in [2.24, 2.45) is 4.99 Å². The van der Waals surface area contributed by atoms with Gasteiger partial charge in [-0.1, -0.05) is 32.9 Å². The van der Waals surface area contributed by atoms with Gasteiger partial charge in [-0.15, -0.1) is 34.2 Å². The van der Waals surface area contributed by atoms with Crippen LogP contribution in [0.3, 0.4) is 0 Å². The molecule has 0 aliphatic carbocycles. The summed E-state index contributed by atoms with van der Waals surface area (Å²) >= 11 is 0. The second kappa shape index (κ2) is 15.9. The minimum absolute atomic E-state index is 0. The molecule has 1 heterocycles. The van der Waals surface area contributed by atoms with E-state index in [4.69, 9.17) is 4.74 Å². The Morgan fingerprint density at radius 2 is 1.84 bits per heavy atom. The van der Waals surface area contributed by atoms with Gasteiger partial charge < -0.3 is 24.8 Å². The molecule has 9 heteroatoms. The van der Waals surface area contributed by atoms with E-state index in [1.165, 1.54) is 0 Å². The van der Waals surface area contributed by atoms with Crippen LogP contribution in [0.15, 0.2) is 35.6 Å². The first-order chi connectivity index (χ1) is 14.7. The quantitative estimate of drug-likeness (QED) is 0.230. The molecule has 2 rings (SSSR count). The van der Waals surface area contributed by atoms with Crippen LogP contribution < -0.4 is 15.4 Å². The minimum atomic E-state index is 0. The molecule has 2 N–H and O–H groups in total. The van der Waals surface area contributed by atoms with Crippen molar-refractivity contribution >= 4 is 29.9 Å². The Bertz CT molecular complexity index is 745. The summed E-state index contributed by atoms with van der Waals surface area (Å²) in [5.41, 5.74) is 1.15.